The van der Waals surface area contributed by atoms with Gasteiger partial charge in [-0.1, -0.05) is 42.5 Å². The summed E-state index contributed by atoms with van der Waals surface area (Å²) in [6, 6.07) is 18.0. The van der Waals surface area contributed by atoms with Gasteiger partial charge in [0.1, 0.15) is 0 Å². The summed E-state index contributed by atoms with van der Waals surface area (Å²) in [6.07, 6.45) is 1.04. The molecule has 0 spiro atoms. The summed E-state index contributed by atoms with van der Waals surface area (Å²) in [5.74, 6) is -0.449. The molecule has 37 heavy (non-hydrogen) atoms. The van der Waals surface area contributed by atoms with Crippen LogP contribution in [-0.4, -0.2) is 43.0 Å². The first-order valence-electron chi connectivity index (χ1n) is 12.7. The lowest BCUT2D eigenvalue weighted by Gasteiger charge is -2.30. The zero-order chi connectivity index (χ0) is 25.5. The zero-order valence-electron chi connectivity index (χ0n) is 21.0. The van der Waals surface area contributed by atoms with Crippen molar-refractivity contribution in [2.24, 2.45) is 0 Å². The van der Waals surface area contributed by atoms with E-state index in [1.165, 1.54) is 11.3 Å². The predicted octanol–water partition coefficient (Wildman–Crippen LogP) is 5.13. The van der Waals surface area contributed by atoms with Crippen molar-refractivity contribution in [2.45, 2.75) is 26.8 Å². The molecule has 1 saturated heterocycles. The van der Waals surface area contributed by atoms with Crippen LogP contribution >= 0.6 is 11.3 Å². The summed E-state index contributed by atoms with van der Waals surface area (Å²) >= 11 is 1.44. The van der Waals surface area contributed by atoms with E-state index in [4.69, 9.17) is 0 Å². The zero-order valence-corrected chi connectivity index (χ0v) is 21.8. The van der Waals surface area contributed by atoms with Gasteiger partial charge in [0.2, 0.25) is 0 Å². The van der Waals surface area contributed by atoms with Gasteiger partial charge >= 0.3 is 0 Å². The highest BCUT2D eigenvalue weighted by Gasteiger charge is 2.35. The van der Waals surface area contributed by atoms with Gasteiger partial charge in [-0.2, -0.15) is 0 Å². The quantitative estimate of drug-likeness (QED) is 0.397. The number of nitrogens with one attached hydrogen (secondary N) is 2. The number of rotatable bonds is 4. The molecule has 0 radical (unpaired) electrons. The normalized spacial score (nSPS) is 15.7. The molecule has 0 bridgehead atoms. The first-order chi connectivity index (χ1) is 18.0. The van der Waals surface area contributed by atoms with E-state index in [0.717, 1.165) is 70.9 Å². The van der Waals surface area contributed by atoms with E-state index >= 15 is 0 Å². The van der Waals surface area contributed by atoms with Crippen LogP contribution in [0.5, 0.6) is 0 Å². The monoisotopic (exact) mass is 511 g/mol. The topological polar surface area (TPSA) is 77.6 Å². The molecule has 3 aromatic carbocycles. The minimum Gasteiger partial charge on any atom is -0.368 e. The molecule has 188 valence electrons. The van der Waals surface area contributed by atoms with Gasteiger partial charge < -0.3 is 15.1 Å². The predicted molar refractivity (Wildman–Crippen MR) is 150 cm³/mol. The first-order valence-corrected chi connectivity index (χ1v) is 13.5. The van der Waals surface area contributed by atoms with Gasteiger partial charge in [-0.05, 0) is 49.9 Å². The summed E-state index contributed by atoms with van der Waals surface area (Å²) in [6.45, 7) is 8.01. The number of aryl methyl sites for hydroxylation is 2. The van der Waals surface area contributed by atoms with Crippen LogP contribution in [0.1, 0.15) is 43.3 Å². The summed E-state index contributed by atoms with van der Waals surface area (Å²) in [7, 11) is 0. The molecule has 3 heterocycles. The lowest BCUT2D eigenvalue weighted by atomic mass is 10.0. The molecule has 1 fully saturated rings. The summed E-state index contributed by atoms with van der Waals surface area (Å²) in [5.41, 5.74) is 4.59. The Labute approximate surface area is 220 Å². The molecule has 7 nitrogen and oxygen atoms in total. The van der Waals surface area contributed by atoms with Gasteiger partial charge in [-0.3, -0.25) is 14.9 Å². The second-order valence-electron chi connectivity index (χ2n) is 9.59. The van der Waals surface area contributed by atoms with Crippen LogP contribution in [0.25, 0.3) is 10.8 Å². The van der Waals surface area contributed by atoms with Crippen molar-refractivity contribution in [3.63, 3.8) is 0 Å². The Morgan fingerprint density at radius 2 is 1.89 bits per heavy atom. The average molecular weight is 512 g/mol. The molecule has 0 saturated carbocycles. The highest BCUT2D eigenvalue weighted by Crippen LogP contribution is 2.41. The Hall–Kier alpha value is -3.75. The van der Waals surface area contributed by atoms with E-state index in [-0.39, 0.29) is 11.8 Å². The van der Waals surface area contributed by atoms with E-state index < -0.39 is 0 Å². The minimum absolute atomic E-state index is 0.142. The van der Waals surface area contributed by atoms with Crippen molar-refractivity contribution in [3.05, 3.63) is 81.9 Å². The second-order valence-corrected chi connectivity index (χ2v) is 10.8. The first kappa shape index (κ1) is 23.6. The molecule has 0 unspecified atom stereocenters. The number of anilines is 3. The number of fused-ring (bicyclic) bond motifs is 2. The Balaban J connectivity index is 1.39. The van der Waals surface area contributed by atoms with Crippen LogP contribution in [0.15, 0.2) is 54.6 Å². The molecule has 2 aliphatic heterocycles. The summed E-state index contributed by atoms with van der Waals surface area (Å²) in [4.78, 5) is 37.0. The van der Waals surface area contributed by atoms with E-state index in [9.17, 15) is 9.59 Å². The number of benzene rings is 3. The van der Waals surface area contributed by atoms with Crippen molar-refractivity contribution < 1.29 is 9.59 Å². The Bertz CT molecular complexity index is 1500. The third kappa shape index (κ3) is 4.26. The number of thiazole rings is 1. The molecule has 0 aliphatic carbocycles. The molecule has 1 aromatic heterocycles. The van der Waals surface area contributed by atoms with Crippen molar-refractivity contribution in [3.8, 4) is 0 Å². The Morgan fingerprint density at radius 3 is 2.73 bits per heavy atom. The van der Waals surface area contributed by atoms with Crippen molar-refractivity contribution in [1.82, 2.24) is 10.3 Å². The molecule has 0 atom stereocenters. The van der Waals surface area contributed by atoms with E-state index in [1.807, 2.05) is 36.9 Å². The third-order valence-corrected chi connectivity index (χ3v) is 8.25. The smallest absolute Gasteiger partial charge is 0.259 e. The second kappa shape index (κ2) is 9.61. The van der Waals surface area contributed by atoms with Crippen LogP contribution in [0.2, 0.25) is 0 Å². The average Bonchev–Trinajstić information content (AvgIpc) is 3.26. The largest absolute Gasteiger partial charge is 0.368 e. The van der Waals surface area contributed by atoms with Crippen molar-refractivity contribution in [2.75, 3.05) is 41.3 Å². The fraction of sp³-hybridized carbons (Fsp3) is 0.276. The fourth-order valence-electron chi connectivity index (χ4n) is 5.30. The number of aromatic nitrogens is 1. The standard InChI is InChI=1S/C29H29N5O2S/c1-18-19(2)37-29(31-18)32-27(35)23-10-5-8-21-17-34(28(36)25(21)23)24-12-11-20-7-3-4-9-22(20)26(24)33-15-6-13-30-14-16-33/h3-5,7-12,30H,6,13-17H2,1-2H3,(H,31,32,35). The van der Waals surface area contributed by atoms with Crippen molar-refractivity contribution in [1.29, 1.82) is 0 Å². The van der Waals surface area contributed by atoms with Gasteiger partial charge in [0.15, 0.2) is 5.13 Å². The number of hydrogen-bond acceptors (Lipinski definition) is 6. The van der Waals surface area contributed by atoms with Crippen molar-refractivity contribution >= 4 is 50.4 Å². The molecule has 6 rings (SSSR count). The van der Waals surface area contributed by atoms with Crippen LogP contribution in [-0.2, 0) is 6.54 Å². The number of nitrogens with zero attached hydrogens (tertiary/aromatic N) is 3. The lowest BCUT2D eigenvalue weighted by Crippen LogP contribution is -2.32. The van der Waals surface area contributed by atoms with Crippen LogP contribution < -0.4 is 20.4 Å². The van der Waals surface area contributed by atoms with Crippen LogP contribution in [0.4, 0.5) is 16.5 Å². The fourth-order valence-corrected chi connectivity index (χ4v) is 6.11. The summed E-state index contributed by atoms with van der Waals surface area (Å²) < 4.78 is 0. The Morgan fingerprint density at radius 1 is 1.03 bits per heavy atom. The van der Waals surface area contributed by atoms with E-state index in [2.05, 4.69) is 50.8 Å². The van der Waals surface area contributed by atoms with Crippen LogP contribution in [0, 0.1) is 13.8 Å². The SMILES string of the molecule is Cc1nc(NC(=O)c2cccc3c2C(=O)N(c2ccc4ccccc4c2N2CCCNCC2)C3)sc1C. The lowest BCUT2D eigenvalue weighted by molar-refractivity contribution is 0.0976. The van der Waals surface area contributed by atoms with Gasteiger partial charge in [0, 0.05) is 29.9 Å². The molecular formula is C29H29N5O2S. The Kier molecular flexibility index (Phi) is 6.14. The summed E-state index contributed by atoms with van der Waals surface area (Å²) in [5, 5.41) is 9.22. The maximum atomic E-state index is 14.0. The van der Waals surface area contributed by atoms with E-state index in [0.29, 0.717) is 22.8 Å². The third-order valence-electron chi connectivity index (χ3n) is 7.26. The number of carbonyl (C=O) groups is 2. The molecule has 8 heteroatoms. The molecule has 2 amide bonds. The number of carbonyl (C=O) groups excluding carboxylic acids is 2. The van der Waals surface area contributed by atoms with Crippen LogP contribution in [0.3, 0.4) is 0 Å². The molecule has 2 N–H and O–H groups in total. The van der Waals surface area contributed by atoms with Gasteiger partial charge in [0.05, 0.1) is 34.7 Å². The number of amides is 2. The highest BCUT2D eigenvalue weighted by atomic mass is 32.1. The minimum atomic E-state index is -0.307. The van der Waals surface area contributed by atoms with Gasteiger partial charge in [-0.25, -0.2) is 4.98 Å². The van der Waals surface area contributed by atoms with Gasteiger partial charge in [0.25, 0.3) is 11.8 Å². The maximum absolute atomic E-state index is 14.0. The molecule has 4 aromatic rings. The van der Waals surface area contributed by atoms with Gasteiger partial charge in [-0.15, -0.1) is 11.3 Å². The highest BCUT2D eigenvalue weighted by molar-refractivity contribution is 7.15. The van der Waals surface area contributed by atoms with E-state index in [1.54, 1.807) is 6.07 Å². The maximum Gasteiger partial charge on any atom is 0.259 e. The molecular weight excluding hydrogens is 482 g/mol. The number of hydrogen-bond donors (Lipinski definition) is 2. The molecule has 2 aliphatic rings.